The smallest absolute Gasteiger partial charge is 0.250 e. The van der Waals surface area contributed by atoms with Gasteiger partial charge in [0.2, 0.25) is 0 Å². The molecule has 0 spiro atoms. The fourth-order valence-corrected chi connectivity index (χ4v) is 2.87. The molecule has 0 aliphatic carbocycles. The van der Waals surface area contributed by atoms with E-state index in [0.29, 0.717) is 12.2 Å². The summed E-state index contributed by atoms with van der Waals surface area (Å²) in [6, 6.07) is 15.8. The summed E-state index contributed by atoms with van der Waals surface area (Å²) in [5, 5.41) is 4.31. The SMILES string of the molecule is O=c1n(CCSC/C=C\c2ccccc2)nc2ccccn12. The summed E-state index contributed by atoms with van der Waals surface area (Å²) in [5.41, 5.74) is 1.83. The third kappa shape index (κ3) is 3.49. The van der Waals surface area contributed by atoms with Gasteiger partial charge >= 0.3 is 5.69 Å². The van der Waals surface area contributed by atoms with E-state index in [4.69, 9.17) is 0 Å². The van der Waals surface area contributed by atoms with Crippen LogP contribution in [0.1, 0.15) is 5.56 Å². The Morgan fingerprint density at radius 2 is 1.91 bits per heavy atom. The van der Waals surface area contributed by atoms with Crippen LogP contribution in [-0.2, 0) is 6.54 Å². The first-order valence-electron chi connectivity index (χ1n) is 7.18. The summed E-state index contributed by atoms with van der Waals surface area (Å²) in [6.07, 6.45) is 6.01. The topological polar surface area (TPSA) is 39.3 Å². The minimum Gasteiger partial charge on any atom is -0.250 e. The third-order valence-corrected chi connectivity index (χ3v) is 4.16. The van der Waals surface area contributed by atoms with Gasteiger partial charge in [-0.15, -0.1) is 5.10 Å². The van der Waals surface area contributed by atoms with Crippen molar-refractivity contribution in [3.8, 4) is 0 Å². The molecule has 3 aromatic rings. The van der Waals surface area contributed by atoms with E-state index < -0.39 is 0 Å². The van der Waals surface area contributed by atoms with E-state index in [1.807, 2.05) is 36.4 Å². The van der Waals surface area contributed by atoms with Gasteiger partial charge in [0, 0.05) is 17.7 Å². The zero-order chi connectivity index (χ0) is 15.2. The van der Waals surface area contributed by atoms with E-state index in [2.05, 4.69) is 29.4 Å². The first-order chi connectivity index (χ1) is 10.8. The van der Waals surface area contributed by atoms with Gasteiger partial charge in [0.05, 0.1) is 6.54 Å². The number of hydrogen-bond acceptors (Lipinski definition) is 3. The van der Waals surface area contributed by atoms with Crippen LogP contribution in [0.4, 0.5) is 0 Å². The van der Waals surface area contributed by atoms with Crippen molar-refractivity contribution in [2.75, 3.05) is 11.5 Å². The maximum atomic E-state index is 12.1. The van der Waals surface area contributed by atoms with Crippen molar-refractivity contribution in [2.45, 2.75) is 6.54 Å². The van der Waals surface area contributed by atoms with Gasteiger partial charge in [-0.1, -0.05) is 48.6 Å². The highest BCUT2D eigenvalue weighted by Gasteiger charge is 2.04. The molecule has 4 nitrogen and oxygen atoms in total. The quantitative estimate of drug-likeness (QED) is 0.657. The second-order valence-electron chi connectivity index (χ2n) is 4.82. The zero-order valence-electron chi connectivity index (χ0n) is 12.1. The van der Waals surface area contributed by atoms with E-state index in [0.717, 1.165) is 11.5 Å². The van der Waals surface area contributed by atoms with Crippen LogP contribution >= 0.6 is 11.8 Å². The molecule has 0 atom stereocenters. The molecule has 0 saturated carbocycles. The van der Waals surface area contributed by atoms with Gasteiger partial charge in [-0.2, -0.15) is 11.8 Å². The highest BCUT2D eigenvalue weighted by Crippen LogP contribution is 2.05. The second-order valence-corrected chi connectivity index (χ2v) is 5.97. The van der Waals surface area contributed by atoms with Crippen LogP contribution in [-0.4, -0.2) is 25.7 Å². The van der Waals surface area contributed by atoms with Crippen LogP contribution in [0.2, 0.25) is 0 Å². The van der Waals surface area contributed by atoms with Crippen LogP contribution in [0, 0.1) is 0 Å². The molecule has 0 amide bonds. The molecule has 0 fully saturated rings. The van der Waals surface area contributed by atoms with Crippen LogP contribution in [0.3, 0.4) is 0 Å². The van der Waals surface area contributed by atoms with Crippen LogP contribution in [0.5, 0.6) is 0 Å². The average molecular weight is 311 g/mol. The molecule has 2 heterocycles. The number of benzene rings is 1. The van der Waals surface area contributed by atoms with E-state index in [9.17, 15) is 4.79 Å². The molecule has 0 aliphatic heterocycles. The van der Waals surface area contributed by atoms with Crippen molar-refractivity contribution in [1.29, 1.82) is 0 Å². The number of fused-ring (bicyclic) bond motifs is 1. The Morgan fingerprint density at radius 3 is 2.73 bits per heavy atom. The van der Waals surface area contributed by atoms with Gasteiger partial charge in [-0.25, -0.2) is 9.48 Å². The molecule has 5 heteroatoms. The maximum absolute atomic E-state index is 12.1. The highest BCUT2D eigenvalue weighted by molar-refractivity contribution is 7.99. The molecule has 1 aromatic carbocycles. The number of rotatable bonds is 6. The van der Waals surface area contributed by atoms with E-state index in [-0.39, 0.29) is 5.69 Å². The highest BCUT2D eigenvalue weighted by atomic mass is 32.2. The van der Waals surface area contributed by atoms with Crippen molar-refractivity contribution in [3.63, 3.8) is 0 Å². The predicted octanol–water partition coefficient (Wildman–Crippen LogP) is 2.94. The predicted molar refractivity (Wildman–Crippen MR) is 92.3 cm³/mol. The Kier molecular flexibility index (Phi) is 4.75. The molecular formula is C17H17N3OS. The Balaban J connectivity index is 1.49. The van der Waals surface area contributed by atoms with Crippen molar-refractivity contribution in [1.82, 2.24) is 14.2 Å². The lowest BCUT2D eigenvalue weighted by Gasteiger charge is -1.98. The van der Waals surface area contributed by atoms with Crippen LogP contribution in [0.15, 0.2) is 65.6 Å². The normalized spacial score (nSPS) is 11.5. The molecule has 0 bridgehead atoms. The van der Waals surface area contributed by atoms with Crippen LogP contribution in [0.25, 0.3) is 11.7 Å². The number of thioether (sulfide) groups is 1. The lowest BCUT2D eigenvalue weighted by atomic mass is 10.2. The summed E-state index contributed by atoms with van der Waals surface area (Å²) < 4.78 is 3.10. The van der Waals surface area contributed by atoms with E-state index in [1.165, 1.54) is 10.2 Å². The van der Waals surface area contributed by atoms with Gasteiger partial charge in [0.25, 0.3) is 0 Å². The number of nitrogens with zero attached hydrogens (tertiary/aromatic N) is 3. The molecular weight excluding hydrogens is 294 g/mol. The molecule has 112 valence electrons. The van der Waals surface area contributed by atoms with Gasteiger partial charge in [-0.3, -0.25) is 4.40 Å². The van der Waals surface area contributed by atoms with E-state index >= 15 is 0 Å². The fourth-order valence-electron chi connectivity index (χ4n) is 2.16. The summed E-state index contributed by atoms with van der Waals surface area (Å²) in [7, 11) is 0. The van der Waals surface area contributed by atoms with Gasteiger partial charge in [-0.05, 0) is 17.7 Å². The Labute approximate surface area is 133 Å². The third-order valence-electron chi connectivity index (χ3n) is 3.26. The number of hydrogen-bond donors (Lipinski definition) is 0. The lowest BCUT2D eigenvalue weighted by molar-refractivity contribution is 0.640. The molecule has 2 aromatic heterocycles. The first kappa shape index (κ1) is 14.7. The van der Waals surface area contributed by atoms with Crippen molar-refractivity contribution >= 4 is 23.5 Å². The number of aromatic nitrogens is 3. The molecule has 0 aliphatic rings. The molecule has 3 rings (SSSR count). The maximum Gasteiger partial charge on any atom is 0.350 e. The monoisotopic (exact) mass is 311 g/mol. The van der Waals surface area contributed by atoms with Gasteiger partial charge in [0.1, 0.15) is 0 Å². The van der Waals surface area contributed by atoms with Crippen molar-refractivity contribution in [3.05, 3.63) is 76.9 Å². The van der Waals surface area contributed by atoms with Crippen LogP contribution < -0.4 is 5.69 Å². The summed E-state index contributed by atoms with van der Waals surface area (Å²) in [4.78, 5) is 12.1. The summed E-state index contributed by atoms with van der Waals surface area (Å²) in [6.45, 7) is 0.629. The fraction of sp³-hybridized carbons (Fsp3) is 0.176. The first-order valence-corrected chi connectivity index (χ1v) is 8.33. The minimum absolute atomic E-state index is 0.0731. The summed E-state index contributed by atoms with van der Waals surface area (Å²) in [5.74, 6) is 1.79. The van der Waals surface area contributed by atoms with Crippen molar-refractivity contribution < 1.29 is 0 Å². The summed E-state index contributed by atoms with van der Waals surface area (Å²) >= 11 is 1.79. The molecule has 0 N–H and O–H groups in total. The van der Waals surface area contributed by atoms with Gasteiger partial charge < -0.3 is 0 Å². The number of pyridine rings is 1. The Hall–Kier alpha value is -2.27. The Morgan fingerprint density at radius 1 is 1.09 bits per heavy atom. The zero-order valence-corrected chi connectivity index (χ0v) is 12.9. The second kappa shape index (κ2) is 7.13. The molecule has 0 radical (unpaired) electrons. The largest absolute Gasteiger partial charge is 0.350 e. The minimum atomic E-state index is -0.0731. The lowest BCUT2D eigenvalue weighted by Crippen LogP contribution is -2.22. The molecule has 0 unspecified atom stereocenters. The van der Waals surface area contributed by atoms with Gasteiger partial charge in [0.15, 0.2) is 5.65 Å². The molecule has 0 saturated heterocycles. The standard InChI is InChI=1S/C17H17N3OS/c21-17-19-11-5-4-10-16(19)18-20(17)12-14-22-13-6-9-15-7-2-1-3-8-15/h1-11H,12-14H2/b9-6-. The molecule has 22 heavy (non-hydrogen) atoms. The Bertz CT molecular complexity index is 821. The number of aryl methyl sites for hydroxylation is 1. The van der Waals surface area contributed by atoms with Crippen molar-refractivity contribution in [2.24, 2.45) is 0 Å². The average Bonchev–Trinajstić information content (AvgIpc) is 2.88. The van der Waals surface area contributed by atoms with E-state index in [1.54, 1.807) is 22.4 Å².